The van der Waals surface area contributed by atoms with E-state index in [4.69, 9.17) is 11.6 Å². The third-order valence-corrected chi connectivity index (χ3v) is 4.44. The van der Waals surface area contributed by atoms with E-state index >= 15 is 0 Å². The SMILES string of the molecule is Cc1[nH]nc(-c2ccccc2)c1Sc1ccc(Cl)cc1. The van der Waals surface area contributed by atoms with Gasteiger partial charge in [-0.3, -0.25) is 5.10 Å². The summed E-state index contributed by atoms with van der Waals surface area (Å²) in [7, 11) is 0. The lowest BCUT2D eigenvalue weighted by atomic mass is 10.1. The zero-order valence-corrected chi connectivity index (χ0v) is 12.5. The molecular weight excluding hydrogens is 288 g/mol. The molecule has 0 atom stereocenters. The van der Waals surface area contributed by atoms with Crippen LogP contribution in [-0.2, 0) is 0 Å². The molecule has 0 aliphatic heterocycles. The standard InChI is InChI=1S/C16H13ClN2S/c1-11-16(20-14-9-7-13(17)8-10-14)15(19-18-11)12-5-3-2-4-6-12/h2-10H,1H3,(H,18,19). The third kappa shape index (κ3) is 2.74. The van der Waals surface area contributed by atoms with Gasteiger partial charge >= 0.3 is 0 Å². The second-order valence-electron chi connectivity index (χ2n) is 4.45. The second-order valence-corrected chi connectivity index (χ2v) is 5.97. The van der Waals surface area contributed by atoms with Crippen molar-refractivity contribution in [2.75, 3.05) is 0 Å². The van der Waals surface area contributed by atoms with Crippen molar-refractivity contribution >= 4 is 23.4 Å². The zero-order valence-electron chi connectivity index (χ0n) is 10.9. The molecule has 0 unspecified atom stereocenters. The van der Waals surface area contributed by atoms with Crippen molar-refractivity contribution in [3.8, 4) is 11.3 Å². The molecule has 0 aliphatic rings. The summed E-state index contributed by atoms with van der Waals surface area (Å²) in [5.41, 5.74) is 3.18. The molecule has 2 aromatic carbocycles. The highest BCUT2D eigenvalue weighted by molar-refractivity contribution is 7.99. The lowest BCUT2D eigenvalue weighted by molar-refractivity contribution is 1.05. The number of benzene rings is 2. The summed E-state index contributed by atoms with van der Waals surface area (Å²) in [5.74, 6) is 0. The number of halogens is 1. The number of H-pyrrole nitrogens is 1. The average molecular weight is 301 g/mol. The molecule has 100 valence electrons. The van der Waals surface area contributed by atoms with Crippen molar-refractivity contribution in [1.82, 2.24) is 10.2 Å². The number of nitrogens with zero attached hydrogens (tertiary/aromatic N) is 1. The van der Waals surface area contributed by atoms with Crippen molar-refractivity contribution < 1.29 is 0 Å². The van der Waals surface area contributed by atoms with E-state index in [9.17, 15) is 0 Å². The van der Waals surface area contributed by atoms with Crippen LogP contribution in [0, 0.1) is 6.92 Å². The maximum absolute atomic E-state index is 5.92. The van der Waals surface area contributed by atoms with Gasteiger partial charge in [-0.2, -0.15) is 5.10 Å². The Bertz CT molecular complexity index is 705. The summed E-state index contributed by atoms with van der Waals surface area (Å²) in [6, 6.07) is 18.1. The first kappa shape index (κ1) is 13.3. The molecule has 4 heteroatoms. The predicted molar refractivity (Wildman–Crippen MR) is 84.3 cm³/mol. The van der Waals surface area contributed by atoms with Crippen LogP contribution in [0.3, 0.4) is 0 Å². The van der Waals surface area contributed by atoms with Crippen molar-refractivity contribution in [2.45, 2.75) is 16.7 Å². The summed E-state index contributed by atoms with van der Waals surface area (Å²) < 4.78 is 0. The minimum absolute atomic E-state index is 0.751. The molecule has 20 heavy (non-hydrogen) atoms. The fourth-order valence-corrected chi connectivity index (χ4v) is 3.05. The number of rotatable bonds is 3. The number of hydrogen-bond donors (Lipinski definition) is 1. The lowest BCUT2D eigenvalue weighted by Crippen LogP contribution is -1.81. The molecule has 0 aliphatic carbocycles. The molecule has 1 N–H and O–H groups in total. The molecule has 0 fully saturated rings. The van der Waals surface area contributed by atoms with Gasteiger partial charge in [-0.05, 0) is 31.2 Å². The van der Waals surface area contributed by atoms with Crippen LogP contribution in [-0.4, -0.2) is 10.2 Å². The highest BCUT2D eigenvalue weighted by Crippen LogP contribution is 2.37. The minimum atomic E-state index is 0.751. The Balaban J connectivity index is 1.97. The Labute approximate surface area is 127 Å². The van der Waals surface area contributed by atoms with Crippen LogP contribution in [0.5, 0.6) is 0 Å². The van der Waals surface area contributed by atoms with Crippen LogP contribution in [0.25, 0.3) is 11.3 Å². The van der Waals surface area contributed by atoms with Crippen LogP contribution >= 0.6 is 23.4 Å². The molecular formula is C16H13ClN2S. The Morgan fingerprint density at radius 1 is 1.00 bits per heavy atom. The van der Waals surface area contributed by atoms with E-state index in [-0.39, 0.29) is 0 Å². The van der Waals surface area contributed by atoms with Gasteiger partial charge < -0.3 is 0 Å². The first-order chi connectivity index (χ1) is 9.74. The van der Waals surface area contributed by atoms with E-state index in [1.54, 1.807) is 11.8 Å². The zero-order chi connectivity index (χ0) is 13.9. The van der Waals surface area contributed by atoms with Gasteiger partial charge in [0.1, 0.15) is 5.69 Å². The molecule has 1 heterocycles. The summed E-state index contributed by atoms with van der Waals surface area (Å²) in [5, 5.41) is 8.25. The van der Waals surface area contributed by atoms with Gasteiger partial charge in [-0.25, -0.2) is 0 Å². The summed E-state index contributed by atoms with van der Waals surface area (Å²) in [6.45, 7) is 2.04. The van der Waals surface area contributed by atoms with Gasteiger partial charge in [0, 0.05) is 21.2 Å². The van der Waals surface area contributed by atoms with E-state index in [1.165, 1.54) is 0 Å². The van der Waals surface area contributed by atoms with Crippen molar-refractivity contribution in [1.29, 1.82) is 0 Å². The largest absolute Gasteiger partial charge is 0.281 e. The number of nitrogens with one attached hydrogen (secondary N) is 1. The molecule has 3 aromatic rings. The first-order valence-corrected chi connectivity index (χ1v) is 7.47. The van der Waals surface area contributed by atoms with Crippen molar-refractivity contribution in [3.63, 3.8) is 0 Å². The third-order valence-electron chi connectivity index (χ3n) is 2.97. The number of hydrogen-bond acceptors (Lipinski definition) is 2. The average Bonchev–Trinajstić information content (AvgIpc) is 2.84. The normalized spacial score (nSPS) is 10.7. The monoisotopic (exact) mass is 300 g/mol. The second kappa shape index (κ2) is 5.73. The van der Waals surface area contributed by atoms with Gasteiger partial charge in [0.15, 0.2) is 0 Å². The maximum Gasteiger partial charge on any atom is 0.106 e. The quantitative estimate of drug-likeness (QED) is 0.721. The van der Waals surface area contributed by atoms with E-state index < -0.39 is 0 Å². The van der Waals surface area contributed by atoms with E-state index in [0.717, 1.165) is 31.8 Å². The molecule has 1 aromatic heterocycles. The van der Waals surface area contributed by atoms with E-state index in [2.05, 4.69) is 22.3 Å². The molecule has 0 saturated carbocycles. The molecule has 0 radical (unpaired) electrons. The molecule has 0 bridgehead atoms. The van der Waals surface area contributed by atoms with Gasteiger partial charge in [0.25, 0.3) is 0 Å². The number of aryl methyl sites for hydroxylation is 1. The lowest BCUT2D eigenvalue weighted by Gasteiger charge is -2.04. The van der Waals surface area contributed by atoms with E-state index in [1.807, 2.05) is 49.4 Å². The molecule has 3 rings (SSSR count). The Kier molecular flexibility index (Phi) is 3.81. The first-order valence-electron chi connectivity index (χ1n) is 6.28. The van der Waals surface area contributed by atoms with Crippen LogP contribution in [0.2, 0.25) is 5.02 Å². The minimum Gasteiger partial charge on any atom is -0.281 e. The van der Waals surface area contributed by atoms with Crippen LogP contribution in [0.1, 0.15) is 5.69 Å². The molecule has 0 saturated heterocycles. The van der Waals surface area contributed by atoms with Gasteiger partial charge in [0.05, 0.1) is 4.90 Å². The van der Waals surface area contributed by atoms with Crippen LogP contribution < -0.4 is 0 Å². The fraction of sp³-hybridized carbons (Fsp3) is 0.0625. The van der Waals surface area contributed by atoms with Gasteiger partial charge in [0.2, 0.25) is 0 Å². The summed E-state index contributed by atoms with van der Waals surface area (Å²) in [6.07, 6.45) is 0. The highest BCUT2D eigenvalue weighted by atomic mass is 35.5. The molecule has 0 amide bonds. The van der Waals surface area contributed by atoms with Crippen molar-refractivity contribution in [2.24, 2.45) is 0 Å². The van der Waals surface area contributed by atoms with Crippen LogP contribution in [0.15, 0.2) is 64.4 Å². The van der Waals surface area contributed by atoms with Gasteiger partial charge in [-0.15, -0.1) is 0 Å². The Morgan fingerprint density at radius 3 is 2.40 bits per heavy atom. The highest BCUT2D eigenvalue weighted by Gasteiger charge is 2.13. The maximum atomic E-state index is 5.92. The Hall–Kier alpha value is -1.71. The summed E-state index contributed by atoms with van der Waals surface area (Å²) >= 11 is 7.62. The molecule has 2 nitrogen and oxygen atoms in total. The number of aromatic nitrogens is 2. The Morgan fingerprint density at radius 2 is 1.70 bits per heavy atom. The number of aromatic amines is 1. The molecule has 0 spiro atoms. The van der Waals surface area contributed by atoms with E-state index in [0.29, 0.717) is 0 Å². The van der Waals surface area contributed by atoms with Crippen molar-refractivity contribution in [3.05, 3.63) is 65.3 Å². The summed E-state index contributed by atoms with van der Waals surface area (Å²) in [4.78, 5) is 2.30. The smallest absolute Gasteiger partial charge is 0.106 e. The van der Waals surface area contributed by atoms with Gasteiger partial charge in [-0.1, -0.05) is 53.7 Å². The van der Waals surface area contributed by atoms with Crippen LogP contribution in [0.4, 0.5) is 0 Å². The predicted octanol–water partition coefficient (Wildman–Crippen LogP) is 5.19. The topological polar surface area (TPSA) is 28.7 Å². The fourth-order valence-electron chi connectivity index (χ4n) is 1.96.